The molecule has 1 atom stereocenters. The molecule has 0 spiro atoms. The maximum Gasteiger partial charge on any atom is 0.228 e. The van der Waals surface area contributed by atoms with Gasteiger partial charge in [-0.25, -0.2) is 16.8 Å². The van der Waals surface area contributed by atoms with Crippen molar-refractivity contribution in [3.63, 3.8) is 0 Å². The third kappa shape index (κ3) is 5.74. The molecule has 0 aromatic heterocycles. The summed E-state index contributed by atoms with van der Waals surface area (Å²) in [6.07, 6.45) is 0.934. The van der Waals surface area contributed by atoms with Crippen LogP contribution < -0.4 is 5.73 Å². The summed E-state index contributed by atoms with van der Waals surface area (Å²) in [5.41, 5.74) is 5.56. The molecule has 114 valence electrons. The summed E-state index contributed by atoms with van der Waals surface area (Å²) in [6, 6.07) is 0. The van der Waals surface area contributed by atoms with Crippen molar-refractivity contribution in [3.8, 4) is 0 Å². The Labute approximate surface area is 115 Å². The van der Waals surface area contributed by atoms with E-state index in [1.807, 2.05) is 6.92 Å². The third-order valence-electron chi connectivity index (χ3n) is 3.06. The van der Waals surface area contributed by atoms with Crippen LogP contribution in [0.1, 0.15) is 6.92 Å². The second-order valence-corrected chi connectivity index (χ2v) is 9.67. The van der Waals surface area contributed by atoms with E-state index in [9.17, 15) is 16.8 Å². The number of hydrogen-bond donors (Lipinski definition) is 1. The van der Waals surface area contributed by atoms with E-state index in [1.54, 1.807) is 0 Å². The first-order valence-corrected chi connectivity index (χ1v) is 9.89. The first-order chi connectivity index (χ1) is 8.64. The highest BCUT2D eigenvalue weighted by atomic mass is 32.3. The Hall–Kier alpha value is -0.220. The average molecular weight is 313 g/mol. The SMILES string of the molecule is CC(CN)CN1CCN(S(=O)(=O)CS(C)(=O)=O)CC1. The van der Waals surface area contributed by atoms with Crippen LogP contribution in [0.25, 0.3) is 0 Å². The van der Waals surface area contributed by atoms with E-state index >= 15 is 0 Å². The largest absolute Gasteiger partial charge is 0.330 e. The Morgan fingerprint density at radius 3 is 2.05 bits per heavy atom. The van der Waals surface area contributed by atoms with E-state index in [4.69, 9.17) is 5.73 Å². The normalized spacial score (nSPS) is 21.4. The molecule has 1 aliphatic heterocycles. The van der Waals surface area contributed by atoms with Gasteiger partial charge in [-0.15, -0.1) is 0 Å². The van der Waals surface area contributed by atoms with E-state index in [0.717, 1.165) is 12.8 Å². The van der Waals surface area contributed by atoms with Crippen LogP contribution in [-0.4, -0.2) is 76.6 Å². The van der Waals surface area contributed by atoms with E-state index in [2.05, 4.69) is 4.90 Å². The van der Waals surface area contributed by atoms with Crippen LogP contribution >= 0.6 is 0 Å². The van der Waals surface area contributed by atoms with Gasteiger partial charge >= 0.3 is 0 Å². The molecule has 2 N–H and O–H groups in total. The molecule has 19 heavy (non-hydrogen) atoms. The average Bonchev–Trinajstić information content (AvgIpc) is 2.26. The molecule has 0 amide bonds. The van der Waals surface area contributed by atoms with Gasteiger partial charge in [0.2, 0.25) is 10.0 Å². The molecule has 0 radical (unpaired) electrons. The number of sulfone groups is 1. The summed E-state index contributed by atoms with van der Waals surface area (Å²) in [7, 11) is -7.23. The summed E-state index contributed by atoms with van der Waals surface area (Å²) in [4.78, 5) is 2.16. The van der Waals surface area contributed by atoms with Crippen molar-refractivity contribution < 1.29 is 16.8 Å². The number of nitrogens with two attached hydrogens (primary N) is 1. The quantitative estimate of drug-likeness (QED) is 0.642. The van der Waals surface area contributed by atoms with Crippen LogP contribution in [0.4, 0.5) is 0 Å². The smallest absolute Gasteiger partial charge is 0.228 e. The van der Waals surface area contributed by atoms with Crippen molar-refractivity contribution in [2.45, 2.75) is 6.92 Å². The first kappa shape index (κ1) is 16.8. The maximum atomic E-state index is 11.9. The summed E-state index contributed by atoms with van der Waals surface area (Å²) >= 11 is 0. The zero-order valence-corrected chi connectivity index (χ0v) is 13.1. The highest BCUT2D eigenvalue weighted by Gasteiger charge is 2.29. The summed E-state index contributed by atoms with van der Waals surface area (Å²) in [5.74, 6) is 0.374. The number of nitrogens with zero attached hydrogens (tertiary/aromatic N) is 2. The van der Waals surface area contributed by atoms with E-state index in [0.29, 0.717) is 38.6 Å². The van der Waals surface area contributed by atoms with Crippen molar-refractivity contribution in [2.75, 3.05) is 50.6 Å². The van der Waals surface area contributed by atoms with E-state index in [1.165, 1.54) is 4.31 Å². The summed E-state index contributed by atoms with van der Waals surface area (Å²) in [5, 5.41) is -0.806. The lowest BCUT2D eigenvalue weighted by molar-refractivity contribution is 0.170. The fourth-order valence-electron chi connectivity index (χ4n) is 2.05. The van der Waals surface area contributed by atoms with Crippen molar-refractivity contribution in [2.24, 2.45) is 11.7 Å². The van der Waals surface area contributed by atoms with Crippen molar-refractivity contribution in [1.82, 2.24) is 9.21 Å². The second kappa shape index (κ2) is 6.49. The van der Waals surface area contributed by atoms with Gasteiger partial charge in [0.15, 0.2) is 14.9 Å². The molecule has 1 rings (SSSR count). The van der Waals surface area contributed by atoms with Gasteiger partial charge < -0.3 is 10.6 Å². The topological polar surface area (TPSA) is 101 Å². The Bertz CT molecular complexity index is 481. The zero-order chi connectivity index (χ0) is 14.7. The molecule has 1 aliphatic rings. The van der Waals surface area contributed by atoms with Crippen molar-refractivity contribution in [1.29, 1.82) is 0 Å². The summed E-state index contributed by atoms with van der Waals surface area (Å²) in [6.45, 7) is 5.42. The second-order valence-electron chi connectivity index (χ2n) is 5.20. The molecule has 1 heterocycles. The summed E-state index contributed by atoms with van der Waals surface area (Å²) < 4.78 is 47.3. The van der Waals surface area contributed by atoms with Crippen LogP contribution in [0, 0.1) is 5.92 Å². The molecule has 0 bridgehead atoms. The molecule has 1 unspecified atom stereocenters. The van der Waals surface area contributed by atoms with Gasteiger partial charge in [0.05, 0.1) is 0 Å². The molecule has 9 heteroatoms. The number of piperazine rings is 1. The fraction of sp³-hybridized carbons (Fsp3) is 1.00. The molecule has 0 saturated carbocycles. The molecule has 7 nitrogen and oxygen atoms in total. The Balaban J connectivity index is 2.54. The minimum atomic E-state index is -3.70. The Morgan fingerprint density at radius 2 is 1.63 bits per heavy atom. The van der Waals surface area contributed by atoms with Crippen LogP contribution in [-0.2, 0) is 19.9 Å². The number of sulfonamides is 1. The Kier molecular flexibility index (Phi) is 5.75. The molecular formula is C10H23N3O4S2. The van der Waals surface area contributed by atoms with Gasteiger partial charge in [-0.2, -0.15) is 4.31 Å². The lowest BCUT2D eigenvalue weighted by atomic mass is 10.1. The monoisotopic (exact) mass is 313 g/mol. The van der Waals surface area contributed by atoms with E-state index in [-0.39, 0.29) is 0 Å². The van der Waals surface area contributed by atoms with Crippen molar-refractivity contribution in [3.05, 3.63) is 0 Å². The highest BCUT2D eigenvalue weighted by Crippen LogP contribution is 2.11. The standard InChI is InChI=1S/C10H23N3O4S2/c1-10(7-11)8-12-3-5-13(6-4-12)19(16,17)9-18(2,14)15/h10H,3-9,11H2,1-2H3. The van der Waals surface area contributed by atoms with Crippen LogP contribution in [0.3, 0.4) is 0 Å². The molecule has 1 saturated heterocycles. The van der Waals surface area contributed by atoms with Crippen LogP contribution in [0.2, 0.25) is 0 Å². The van der Waals surface area contributed by atoms with E-state index < -0.39 is 24.9 Å². The lowest BCUT2D eigenvalue weighted by Gasteiger charge is -2.34. The maximum absolute atomic E-state index is 11.9. The number of hydrogen-bond acceptors (Lipinski definition) is 6. The predicted octanol–water partition coefficient (Wildman–Crippen LogP) is -1.47. The Morgan fingerprint density at radius 1 is 1.11 bits per heavy atom. The number of rotatable bonds is 6. The van der Waals surface area contributed by atoms with Gasteiger partial charge in [0.1, 0.15) is 0 Å². The predicted molar refractivity (Wildman–Crippen MR) is 74.9 cm³/mol. The molecular weight excluding hydrogens is 290 g/mol. The lowest BCUT2D eigenvalue weighted by Crippen LogP contribution is -2.50. The highest BCUT2D eigenvalue weighted by molar-refractivity contribution is 8.06. The molecule has 0 aromatic rings. The van der Waals surface area contributed by atoms with Gasteiger partial charge in [-0.05, 0) is 12.5 Å². The van der Waals surface area contributed by atoms with Gasteiger partial charge in [-0.3, -0.25) is 0 Å². The van der Waals surface area contributed by atoms with Gasteiger partial charge in [-0.1, -0.05) is 6.92 Å². The third-order valence-corrected chi connectivity index (χ3v) is 7.12. The van der Waals surface area contributed by atoms with Gasteiger partial charge in [0, 0.05) is 39.0 Å². The van der Waals surface area contributed by atoms with Crippen LogP contribution in [0.15, 0.2) is 0 Å². The molecule has 0 aromatic carbocycles. The molecule has 0 aliphatic carbocycles. The fourth-order valence-corrected chi connectivity index (χ4v) is 5.53. The first-order valence-electron chi connectivity index (χ1n) is 6.22. The van der Waals surface area contributed by atoms with Crippen LogP contribution in [0.5, 0.6) is 0 Å². The van der Waals surface area contributed by atoms with Gasteiger partial charge in [0.25, 0.3) is 0 Å². The van der Waals surface area contributed by atoms with Crippen molar-refractivity contribution >= 4 is 19.9 Å². The minimum Gasteiger partial charge on any atom is -0.330 e. The zero-order valence-electron chi connectivity index (χ0n) is 11.4. The molecule has 1 fully saturated rings. The minimum absolute atomic E-state index is 0.342.